The molecule has 2 unspecified atom stereocenters. The van der Waals surface area contributed by atoms with Gasteiger partial charge < -0.3 is 10.4 Å². The molecule has 1 aromatic carbocycles. The van der Waals surface area contributed by atoms with Gasteiger partial charge in [-0.1, -0.05) is 30.3 Å². The zero-order valence-corrected chi connectivity index (χ0v) is 14.9. The number of carboxylic acids is 1. The largest absolute Gasteiger partial charge is 0.481 e. The number of amides is 1. The number of carboxylic acid groups (broad SMARTS) is 1. The highest BCUT2D eigenvalue weighted by atomic mass is 16.4. The Morgan fingerprint density at radius 2 is 1.92 bits per heavy atom. The summed E-state index contributed by atoms with van der Waals surface area (Å²) in [4.78, 5) is 23.6. The van der Waals surface area contributed by atoms with E-state index >= 15 is 0 Å². The van der Waals surface area contributed by atoms with Crippen molar-refractivity contribution < 1.29 is 14.7 Å². The van der Waals surface area contributed by atoms with Crippen LogP contribution in [0.5, 0.6) is 0 Å². The van der Waals surface area contributed by atoms with Crippen molar-refractivity contribution in [2.75, 3.05) is 6.54 Å². The van der Waals surface area contributed by atoms with E-state index in [0.29, 0.717) is 6.42 Å². The number of carbonyl (C=O) groups is 2. The van der Waals surface area contributed by atoms with Crippen molar-refractivity contribution in [1.82, 2.24) is 15.1 Å². The quantitative estimate of drug-likeness (QED) is 0.771. The number of nitrogens with one attached hydrogen (secondary N) is 1. The Morgan fingerprint density at radius 3 is 2.48 bits per heavy atom. The molecule has 6 heteroatoms. The first-order valence-electron chi connectivity index (χ1n) is 8.43. The smallest absolute Gasteiger partial charge is 0.308 e. The van der Waals surface area contributed by atoms with Crippen LogP contribution in [-0.4, -0.2) is 33.3 Å². The lowest BCUT2D eigenvalue weighted by Gasteiger charge is -2.16. The number of hydrogen-bond acceptors (Lipinski definition) is 3. The van der Waals surface area contributed by atoms with Crippen LogP contribution in [0.3, 0.4) is 0 Å². The van der Waals surface area contributed by atoms with Crippen LogP contribution in [-0.2, 0) is 16.0 Å². The van der Waals surface area contributed by atoms with Crippen molar-refractivity contribution >= 4 is 11.9 Å². The molecule has 1 heterocycles. The Bertz CT molecular complexity index is 725. The van der Waals surface area contributed by atoms with Gasteiger partial charge in [-0.15, -0.1) is 0 Å². The Hall–Kier alpha value is -2.63. The number of aliphatic carboxylic acids is 1. The lowest BCUT2D eigenvalue weighted by Crippen LogP contribution is -2.35. The normalized spacial score (nSPS) is 13.2. The molecule has 0 saturated carbocycles. The van der Waals surface area contributed by atoms with Crippen LogP contribution < -0.4 is 5.32 Å². The number of nitrogens with zero attached hydrogens (tertiary/aromatic N) is 2. The van der Waals surface area contributed by atoms with Crippen molar-refractivity contribution in [3.63, 3.8) is 0 Å². The molecule has 0 radical (unpaired) electrons. The fourth-order valence-electron chi connectivity index (χ4n) is 2.90. The Kier molecular flexibility index (Phi) is 6.33. The second-order valence-electron chi connectivity index (χ2n) is 6.45. The number of benzene rings is 1. The van der Waals surface area contributed by atoms with Gasteiger partial charge in [0.1, 0.15) is 0 Å². The van der Waals surface area contributed by atoms with Gasteiger partial charge in [0.05, 0.1) is 17.7 Å². The van der Waals surface area contributed by atoms with Crippen LogP contribution in [0.15, 0.2) is 36.4 Å². The predicted molar refractivity (Wildman–Crippen MR) is 95.3 cm³/mol. The second kappa shape index (κ2) is 8.46. The minimum Gasteiger partial charge on any atom is -0.481 e. The van der Waals surface area contributed by atoms with Gasteiger partial charge in [0.2, 0.25) is 5.91 Å². The molecule has 0 spiro atoms. The number of aromatic nitrogens is 2. The van der Waals surface area contributed by atoms with E-state index in [1.54, 1.807) is 0 Å². The Labute approximate surface area is 147 Å². The molecule has 0 aliphatic carbocycles. The molecule has 1 amide bonds. The number of hydrogen-bond donors (Lipinski definition) is 2. The molecule has 2 N–H and O–H groups in total. The maximum absolute atomic E-state index is 12.2. The first-order chi connectivity index (χ1) is 11.9. The molecule has 2 aromatic rings. The van der Waals surface area contributed by atoms with Crippen molar-refractivity contribution in [2.45, 2.75) is 39.7 Å². The van der Waals surface area contributed by atoms with Gasteiger partial charge in [-0.2, -0.15) is 5.10 Å². The molecule has 2 rings (SSSR count). The highest BCUT2D eigenvalue weighted by Crippen LogP contribution is 2.14. The van der Waals surface area contributed by atoms with Gasteiger partial charge in [0, 0.05) is 18.7 Å². The van der Waals surface area contributed by atoms with Crippen LogP contribution in [0.4, 0.5) is 0 Å². The molecular weight excluding hydrogens is 318 g/mol. The average Bonchev–Trinajstić information content (AvgIpc) is 2.90. The first-order valence-corrected chi connectivity index (χ1v) is 8.43. The fourth-order valence-corrected chi connectivity index (χ4v) is 2.90. The van der Waals surface area contributed by atoms with Crippen molar-refractivity contribution in [3.05, 3.63) is 53.3 Å². The molecule has 6 nitrogen and oxygen atoms in total. The molecule has 0 aliphatic rings. The van der Waals surface area contributed by atoms with Gasteiger partial charge in [0.25, 0.3) is 0 Å². The summed E-state index contributed by atoms with van der Waals surface area (Å²) in [7, 11) is 0. The second-order valence-corrected chi connectivity index (χ2v) is 6.45. The molecule has 0 saturated heterocycles. The predicted octanol–water partition coefficient (Wildman–Crippen LogP) is 2.51. The maximum Gasteiger partial charge on any atom is 0.308 e. The summed E-state index contributed by atoms with van der Waals surface area (Å²) in [6, 6.07) is 11.3. The molecule has 25 heavy (non-hydrogen) atoms. The molecule has 0 bridgehead atoms. The molecule has 134 valence electrons. The Morgan fingerprint density at radius 1 is 1.24 bits per heavy atom. The van der Waals surface area contributed by atoms with Crippen LogP contribution in [0.2, 0.25) is 0 Å². The summed E-state index contributed by atoms with van der Waals surface area (Å²) < 4.78 is 1.83. The highest BCUT2D eigenvalue weighted by molar-refractivity contribution is 5.77. The highest BCUT2D eigenvalue weighted by Gasteiger charge is 2.20. The Balaban J connectivity index is 1.88. The summed E-state index contributed by atoms with van der Waals surface area (Å²) in [5.41, 5.74) is 2.86. The van der Waals surface area contributed by atoms with Gasteiger partial charge in [0.15, 0.2) is 0 Å². The first kappa shape index (κ1) is 18.7. The number of aryl methyl sites for hydroxylation is 2. The van der Waals surface area contributed by atoms with E-state index in [-0.39, 0.29) is 24.9 Å². The molecule has 0 aliphatic heterocycles. The van der Waals surface area contributed by atoms with Crippen molar-refractivity contribution in [1.29, 1.82) is 0 Å². The minimum atomic E-state index is -0.907. The fraction of sp³-hybridized carbons (Fsp3) is 0.421. The third kappa shape index (κ3) is 5.45. The molecule has 1 aromatic heterocycles. The maximum atomic E-state index is 12.2. The average molecular weight is 343 g/mol. The van der Waals surface area contributed by atoms with Gasteiger partial charge >= 0.3 is 5.97 Å². The zero-order valence-electron chi connectivity index (χ0n) is 14.9. The topological polar surface area (TPSA) is 84.2 Å². The summed E-state index contributed by atoms with van der Waals surface area (Å²) in [6.07, 6.45) is 0.656. The van der Waals surface area contributed by atoms with E-state index in [0.717, 1.165) is 17.0 Å². The van der Waals surface area contributed by atoms with E-state index < -0.39 is 11.9 Å². The standard InChI is InChI=1S/C19H25N3O3/c1-13-9-14(2)22(21-13)15(3)10-18(23)20-12-17(19(24)25)11-16-7-5-4-6-8-16/h4-9,15,17H,10-12H2,1-3H3,(H,20,23)(H,24,25). The minimum absolute atomic E-state index is 0.0777. The van der Waals surface area contributed by atoms with E-state index in [1.807, 2.05) is 61.9 Å². The lowest BCUT2D eigenvalue weighted by molar-refractivity contribution is -0.141. The van der Waals surface area contributed by atoms with E-state index in [4.69, 9.17) is 0 Å². The summed E-state index contributed by atoms with van der Waals surface area (Å²) >= 11 is 0. The van der Waals surface area contributed by atoms with Gasteiger partial charge in [-0.05, 0) is 38.8 Å². The lowest BCUT2D eigenvalue weighted by atomic mass is 9.99. The third-order valence-electron chi connectivity index (χ3n) is 4.16. The van der Waals surface area contributed by atoms with Gasteiger partial charge in [-0.25, -0.2) is 0 Å². The third-order valence-corrected chi connectivity index (χ3v) is 4.16. The van der Waals surface area contributed by atoms with Crippen LogP contribution in [0, 0.1) is 19.8 Å². The summed E-state index contributed by atoms with van der Waals surface area (Å²) in [5.74, 6) is -1.72. The van der Waals surface area contributed by atoms with Crippen LogP contribution in [0.1, 0.15) is 36.3 Å². The molecular formula is C19H25N3O3. The van der Waals surface area contributed by atoms with Crippen LogP contribution >= 0.6 is 0 Å². The van der Waals surface area contributed by atoms with Crippen molar-refractivity contribution in [2.24, 2.45) is 5.92 Å². The van der Waals surface area contributed by atoms with Gasteiger partial charge in [-0.3, -0.25) is 14.3 Å². The van der Waals surface area contributed by atoms with Crippen molar-refractivity contribution in [3.8, 4) is 0 Å². The van der Waals surface area contributed by atoms with E-state index in [1.165, 1.54) is 0 Å². The molecule has 2 atom stereocenters. The van der Waals surface area contributed by atoms with E-state index in [2.05, 4.69) is 10.4 Å². The van der Waals surface area contributed by atoms with E-state index in [9.17, 15) is 14.7 Å². The summed E-state index contributed by atoms with van der Waals surface area (Å²) in [6.45, 7) is 5.91. The number of rotatable bonds is 8. The zero-order chi connectivity index (χ0) is 18.4. The SMILES string of the molecule is Cc1cc(C)n(C(C)CC(=O)NCC(Cc2ccccc2)C(=O)O)n1. The molecule has 0 fully saturated rings. The van der Waals surface area contributed by atoms with Crippen LogP contribution in [0.25, 0.3) is 0 Å². The monoisotopic (exact) mass is 343 g/mol. The summed E-state index contributed by atoms with van der Waals surface area (Å²) in [5, 5.41) is 16.5. The number of carbonyl (C=O) groups excluding carboxylic acids is 1.